The molecule has 23 heavy (non-hydrogen) atoms. The summed E-state index contributed by atoms with van der Waals surface area (Å²) in [5.41, 5.74) is -0.429. The lowest BCUT2D eigenvalue weighted by atomic mass is 10.1. The predicted octanol–water partition coefficient (Wildman–Crippen LogP) is 6.12. The van der Waals surface area contributed by atoms with Crippen molar-refractivity contribution >= 4 is 33.3 Å². The van der Waals surface area contributed by atoms with Crippen molar-refractivity contribution in [3.05, 3.63) is 58.6 Å². The Bertz CT molecular complexity index is 730. The molecule has 0 aliphatic carbocycles. The van der Waals surface area contributed by atoms with Crippen LogP contribution >= 0.6 is 27.5 Å². The molecule has 0 fully saturated rings. The molecule has 2 rings (SSSR count). The highest BCUT2D eigenvalue weighted by molar-refractivity contribution is 9.10. The van der Waals surface area contributed by atoms with E-state index in [1.165, 1.54) is 6.07 Å². The minimum atomic E-state index is -4.47. The monoisotopic (exact) mass is 406 g/mol. The van der Waals surface area contributed by atoms with E-state index in [-0.39, 0.29) is 21.4 Å². The van der Waals surface area contributed by atoms with Gasteiger partial charge in [0, 0.05) is 5.56 Å². The van der Waals surface area contributed by atoms with Crippen LogP contribution in [-0.2, 0) is 6.18 Å². The third kappa shape index (κ3) is 4.48. The van der Waals surface area contributed by atoms with Crippen molar-refractivity contribution in [2.45, 2.75) is 17.9 Å². The van der Waals surface area contributed by atoms with E-state index in [1.54, 1.807) is 25.1 Å². The number of halogens is 5. The fourth-order valence-corrected chi connectivity index (χ4v) is 2.31. The Morgan fingerprint density at radius 1 is 1.22 bits per heavy atom. The van der Waals surface area contributed by atoms with Crippen molar-refractivity contribution in [2.75, 3.05) is 0 Å². The van der Waals surface area contributed by atoms with E-state index in [4.69, 9.17) is 16.3 Å². The zero-order valence-electron chi connectivity index (χ0n) is 11.8. The number of Topliss-reactive ketones (excluding diaryl/α,β-unsaturated/α-hetero) is 1. The van der Waals surface area contributed by atoms with E-state index in [2.05, 4.69) is 15.9 Å². The molecule has 7 heteroatoms. The van der Waals surface area contributed by atoms with E-state index in [1.807, 2.05) is 0 Å². The Morgan fingerprint density at radius 2 is 1.91 bits per heavy atom. The van der Waals surface area contributed by atoms with Gasteiger partial charge in [0.2, 0.25) is 0 Å². The largest absolute Gasteiger partial charge is 0.456 e. The van der Waals surface area contributed by atoms with Crippen LogP contribution in [0.1, 0.15) is 22.8 Å². The first-order valence-electron chi connectivity index (χ1n) is 6.51. The van der Waals surface area contributed by atoms with Gasteiger partial charge in [0.15, 0.2) is 5.78 Å². The molecule has 1 unspecified atom stereocenters. The Kier molecular flexibility index (Phi) is 5.37. The third-order valence-corrected chi connectivity index (χ3v) is 3.68. The van der Waals surface area contributed by atoms with Crippen LogP contribution in [0.2, 0.25) is 5.02 Å². The summed E-state index contributed by atoms with van der Waals surface area (Å²) >= 11 is 9.03. The number of hydrogen-bond donors (Lipinski definition) is 0. The number of ether oxygens (including phenoxy) is 1. The average Bonchev–Trinajstić information content (AvgIpc) is 2.47. The zero-order valence-corrected chi connectivity index (χ0v) is 14.2. The molecule has 122 valence electrons. The second-order valence-electron chi connectivity index (χ2n) is 4.75. The summed E-state index contributed by atoms with van der Waals surface area (Å²) in [6, 6.07) is 9.17. The summed E-state index contributed by atoms with van der Waals surface area (Å²) in [7, 11) is 0. The van der Waals surface area contributed by atoms with Crippen LogP contribution < -0.4 is 4.74 Å². The number of hydrogen-bond acceptors (Lipinski definition) is 2. The quantitative estimate of drug-likeness (QED) is 0.451. The number of alkyl halides is 4. The Labute approximate surface area is 144 Å². The van der Waals surface area contributed by atoms with Gasteiger partial charge >= 0.3 is 6.18 Å². The van der Waals surface area contributed by atoms with E-state index >= 15 is 0 Å². The number of rotatable bonds is 4. The summed E-state index contributed by atoms with van der Waals surface area (Å²) in [4.78, 5) is 11.6. The highest BCUT2D eigenvalue weighted by atomic mass is 79.9. The van der Waals surface area contributed by atoms with Crippen LogP contribution in [0.5, 0.6) is 11.5 Å². The summed E-state index contributed by atoms with van der Waals surface area (Å²) < 4.78 is 43.3. The minimum absolute atomic E-state index is 0.0798. The average molecular weight is 408 g/mol. The van der Waals surface area contributed by atoms with E-state index < -0.39 is 11.7 Å². The molecule has 0 radical (unpaired) electrons. The van der Waals surface area contributed by atoms with Gasteiger partial charge in [0.1, 0.15) is 11.5 Å². The van der Waals surface area contributed by atoms with E-state index in [0.717, 1.165) is 18.2 Å². The molecule has 0 aliphatic rings. The van der Waals surface area contributed by atoms with Gasteiger partial charge in [-0.05, 0) is 37.3 Å². The second-order valence-corrected chi connectivity index (χ2v) is 6.53. The van der Waals surface area contributed by atoms with Gasteiger partial charge in [-0.15, -0.1) is 0 Å². The summed E-state index contributed by atoms with van der Waals surface area (Å²) in [6.07, 6.45) is -4.47. The van der Waals surface area contributed by atoms with Crippen LogP contribution in [0.25, 0.3) is 0 Å². The topological polar surface area (TPSA) is 26.3 Å². The maximum Gasteiger partial charge on any atom is 0.416 e. The summed E-state index contributed by atoms with van der Waals surface area (Å²) in [5, 5.41) is -0.162. The lowest BCUT2D eigenvalue weighted by Crippen LogP contribution is -2.09. The van der Waals surface area contributed by atoms with Crippen molar-refractivity contribution in [3.63, 3.8) is 0 Å². The summed E-state index contributed by atoms with van der Waals surface area (Å²) in [5.74, 6) is 0.260. The standard InChI is InChI=1S/C16H11BrClF3O2/c1-9(17)15(22)10-3-2-4-12(7-10)23-14-6-5-11(8-13(14)18)16(19,20)21/h2-9H,1H3. The van der Waals surface area contributed by atoms with Gasteiger partial charge in [-0.2, -0.15) is 13.2 Å². The molecule has 2 aromatic carbocycles. The van der Waals surface area contributed by atoms with E-state index in [0.29, 0.717) is 11.3 Å². The minimum Gasteiger partial charge on any atom is -0.456 e. The lowest BCUT2D eigenvalue weighted by Gasteiger charge is -2.12. The predicted molar refractivity (Wildman–Crippen MR) is 85.7 cm³/mol. The van der Waals surface area contributed by atoms with Crippen LogP contribution in [-0.4, -0.2) is 10.6 Å². The number of carbonyl (C=O) groups excluding carboxylic acids is 1. The molecule has 0 saturated heterocycles. The van der Waals surface area contributed by atoms with E-state index in [9.17, 15) is 18.0 Å². The Hall–Kier alpha value is -1.53. The van der Waals surface area contributed by atoms with Crippen LogP contribution in [0.3, 0.4) is 0 Å². The highest BCUT2D eigenvalue weighted by Crippen LogP contribution is 2.36. The van der Waals surface area contributed by atoms with Gasteiger partial charge in [0.05, 0.1) is 15.4 Å². The van der Waals surface area contributed by atoms with Crippen molar-refractivity contribution in [2.24, 2.45) is 0 Å². The molecule has 0 aliphatic heterocycles. The molecule has 2 aromatic rings. The molecule has 2 nitrogen and oxygen atoms in total. The fourth-order valence-electron chi connectivity index (χ4n) is 1.83. The summed E-state index contributed by atoms with van der Waals surface area (Å²) in [6.45, 7) is 1.70. The number of ketones is 1. The molecule has 0 bridgehead atoms. The second kappa shape index (κ2) is 6.93. The Morgan fingerprint density at radius 3 is 2.48 bits per heavy atom. The number of carbonyl (C=O) groups is 1. The maximum atomic E-state index is 12.6. The van der Waals surface area contributed by atoms with Crippen molar-refractivity contribution < 1.29 is 22.7 Å². The molecule has 0 saturated carbocycles. The molecule has 0 heterocycles. The molecule has 1 atom stereocenters. The molecule has 0 N–H and O–H groups in total. The fraction of sp³-hybridized carbons (Fsp3) is 0.188. The van der Waals surface area contributed by atoms with Crippen molar-refractivity contribution in [1.82, 2.24) is 0 Å². The van der Waals surface area contributed by atoms with Gasteiger partial charge < -0.3 is 4.74 Å². The molecule has 0 spiro atoms. The molecular weight excluding hydrogens is 397 g/mol. The highest BCUT2D eigenvalue weighted by Gasteiger charge is 2.31. The first-order chi connectivity index (χ1) is 10.7. The smallest absolute Gasteiger partial charge is 0.416 e. The van der Waals surface area contributed by atoms with Crippen LogP contribution in [0.4, 0.5) is 13.2 Å². The SMILES string of the molecule is CC(Br)C(=O)c1cccc(Oc2ccc(C(F)(F)F)cc2Cl)c1. The third-order valence-electron chi connectivity index (χ3n) is 2.97. The van der Waals surface area contributed by atoms with Crippen molar-refractivity contribution in [1.29, 1.82) is 0 Å². The maximum absolute atomic E-state index is 12.6. The van der Waals surface area contributed by atoms with Gasteiger partial charge in [-0.3, -0.25) is 4.79 Å². The van der Waals surface area contributed by atoms with Gasteiger partial charge in [-0.1, -0.05) is 39.7 Å². The van der Waals surface area contributed by atoms with Crippen LogP contribution in [0.15, 0.2) is 42.5 Å². The lowest BCUT2D eigenvalue weighted by molar-refractivity contribution is -0.137. The van der Waals surface area contributed by atoms with Gasteiger partial charge in [-0.25, -0.2) is 0 Å². The molecule has 0 amide bonds. The van der Waals surface area contributed by atoms with Gasteiger partial charge in [0.25, 0.3) is 0 Å². The first-order valence-corrected chi connectivity index (χ1v) is 7.81. The molecular formula is C16H11BrClF3O2. The van der Waals surface area contributed by atoms with Crippen molar-refractivity contribution in [3.8, 4) is 11.5 Å². The van der Waals surface area contributed by atoms with Crippen LogP contribution in [0, 0.1) is 0 Å². The first kappa shape index (κ1) is 17.8. The molecule has 0 aromatic heterocycles. The number of benzene rings is 2. The zero-order chi connectivity index (χ0) is 17.2. The Balaban J connectivity index is 2.26. The normalized spacial score (nSPS) is 12.8.